The molecule has 0 aliphatic rings. The normalized spacial score (nSPS) is 12.8. The first kappa shape index (κ1) is 13.3. The second-order valence-corrected chi connectivity index (χ2v) is 4.68. The Labute approximate surface area is 99.8 Å². The molecular formula is C11H20N4O2. The average Bonchev–Trinajstić information content (AvgIpc) is 2.25. The Morgan fingerprint density at radius 3 is 2.47 bits per heavy atom. The zero-order valence-corrected chi connectivity index (χ0v) is 10.7. The lowest BCUT2D eigenvalue weighted by molar-refractivity contribution is 0.439. The molecule has 1 heterocycles. The molecule has 0 amide bonds. The first-order valence-corrected chi connectivity index (χ1v) is 5.67. The van der Waals surface area contributed by atoms with Crippen molar-refractivity contribution in [3.8, 4) is 0 Å². The minimum absolute atomic E-state index is 0.162. The Hall–Kier alpha value is -1.72. The maximum atomic E-state index is 11.6. The quantitative estimate of drug-likeness (QED) is 0.708. The van der Waals surface area contributed by atoms with Gasteiger partial charge in [0.15, 0.2) is 0 Å². The number of H-pyrrole nitrogens is 1. The molecule has 1 aromatic rings. The van der Waals surface area contributed by atoms with Crippen LogP contribution in [0.1, 0.15) is 20.8 Å². The highest BCUT2D eigenvalue weighted by atomic mass is 16.2. The zero-order chi connectivity index (χ0) is 13.2. The first-order chi connectivity index (χ1) is 7.84. The molecule has 4 N–H and O–H groups in total. The van der Waals surface area contributed by atoms with Gasteiger partial charge in [-0.2, -0.15) is 0 Å². The first-order valence-electron chi connectivity index (χ1n) is 5.67. The molecule has 1 rings (SSSR count). The van der Waals surface area contributed by atoms with E-state index in [1.807, 2.05) is 0 Å². The Morgan fingerprint density at radius 2 is 1.94 bits per heavy atom. The molecule has 0 bridgehead atoms. The van der Waals surface area contributed by atoms with Crippen molar-refractivity contribution >= 4 is 11.5 Å². The minimum atomic E-state index is -0.505. The molecule has 6 heteroatoms. The summed E-state index contributed by atoms with van der Waals surface area (Å²) >= 11 is 0. The van der Waals surface area contributed by atoms with Gasteiger partial charge in [0, 0.05) is 13.6 Å². The van der Waals surface area contributed by atoms with E-state index >= 15 is 0 Å². The maximum absolute atomic E-state index is 11.6. The molecule has 96 valence electrons. The van der Waals surface area contributed by atoms with Crippen molar-refractivity contribution in [2.24, 2.45) is 18.9 Å². The second kappa shape index (κ2) is 5.07. The highest BCUT2D eigenvalue weighted by Gasteiger charge is 2.12. The zero-order valence-electron chi connectivity index (χ0n) is 10.7. The van der Waals surface area contributed by atoms with Crippen molar-refractivity contribution in [2.75, 3.05) is 17.6 Å². The van der Waals surface area contributed by atoms with Crippen LogP contribution in [0.15, 0.2) is 9.59 Å². The number of nitrogens with two attached hydrogens (primary N) is 1. The molecule has 0 spiro atoms. The maximum Gasteiger partial charge on any atom is 0.329 e. The number of nitrogens with one attached hydrogen (secondary N) is 2. The van der Waals surface area contributed by atoms with Crippen molar-refractivity contribution in [3.63, 3.8) is 0 Å². The van der Waals surface area contributed by atoms with Gasteiger partial charge in [0.1, 0.15) is 11.5 Å². The number of aromatic amines is 1. The van der Waals surface area contributed by atoms with Crippen LogP contribution in [0.5, 0.6) is 0 Å². The number of hydrogen-bond acceptors (Lipinski definition) is 4. The molecule has 1 aromatic heterocycles. The van der Waals surface area contributed by atoms with Crippen LogP contribution in [0.2, 0.25) is 0 Å². The molecule has 0 aliphatic carbocycles. The van der Waals surface area contributed by atoms with Gasteiger partial charge in [-0.15, -0.1) is 0 Å². The van der Waals surface area contributed by atoms with Crippen molar-refractivity contribution < 1.29 is 0 Å². The van der Waals surface area contributed by atoms with E-state index in [-0.39, 0.29) is 11.5 Å². The summed E-state index contributed by atoms with van der Waals surface area (Å²) in [5.74, 6) is 1.08. The summed E-state index contributed by atoms with van der Waals surface area (Å²) in [5.41, 5.74) is 5.02. The second-order valence-electron chi connectivity index (χ2n) is 4.68. The lowest BCUT2D eigenvalue weighted by atomic mass is 9.98. The van der Waals surface area contributed by atoms with Crippen molar-refractivity contribution in [1.29, 1.82) is 0 Å². The van der Waals surface area contributed by atoms with Gasteiger partial charge < -0.3 is 11.1 Å². The van der Waals surface area contributed by atoms with Crippen LogP contribution in [-0.2, 0) is 7.05 Å². The summed E-state index contributed by atoms with van der Waals surface area (Å²) in [6, 6.07) is 0. The van der Waals surface area contributed by atoms with E-state index in [2.05, 4.69) is 31.1 Å². The number of nitrogen functional groups attached to an aromatic ring is 1. The van der Waals surface area contributed by atoms with E-state index in [1.165, 1.54) is 11.6 Å². The molecule has 0 fully saturated rings. The molecule has 17 heavy (non-hydrogen) atoms. The summed E-state index contributed by atoms with van der Waals surface area (Å²) < 4.78 is 1.21. The van der Waals surface area contributed by atoms with Gasteiger partial charge >= 0.3 is 5.69 Å². The topological polar surface area (TPSA) is 92.9 Å². The van der Waals surface area contributed by atoms with Crippen LogP contribution in [0.3, 0.4) is 0 Å². The Morgan fingerprint density at radius 1 is 1.35 bits per heavy atom. The minimum Gasteiger partial charge on any atom is -0.383 e. The molecule has 0 radical (unpaired) electrons. The summed E-state index contributed by atoms with van der Waals surface area (Å²) in [6.07, 6.45) is 0. The number of nitrogens with zero attached hydrogens (tertiary/aromatic N) is 1. The van der Waals surface area contributed by atoms with Gasteiger partial charge in [-0.3, -0.25) is 14.3 Å². The standard InChI is InChI=1S/C11H20N4O2/c1-6(2)7(3)5-13-8-9(12)15(4)11(17)14-10(8)16/h6-7,13H,5,12H2,1-4H3,(H,14,16,17). The van der Waals surface area contributed by atoms with Gasteiger partial charge in [0.2, 0.25) is 0 Å². The van der Waals surface area contributed by atoms with Crippen LogP contribution < -0.4 is 22.3 Å². The van der Waals surface area contributed by atoms with E-state index < -0.39 is 11.2 Å². The molecule has 1 unspecified atom stereocenters. The molecule has 0 saturated carbocycles. The van der Waals surface area contributed by atoms with Crippen LogP contribution in [-0.4, -0.2) is 16.1 Å². The van der Waals surface area contributed by atoms with E-state index in [9.17, 15) is 9.59 Å². The van der Waals surface area contributed by atoms with Gasteiger partial charge in [0.25, 0.3) is 5.56 Å². The molecule has 0 saturated heterocycles. The Bertz CT molecular complexity index is 501. The smallest absolute Gasteiger partial charge is 0.329 e. The third-order valence-electron chi connectivity index (χ3n) is 3.11. The third kappa shape index (κ3) is 2.89. The van der Waals surface area contributed by atoms with E-state index in [4.69, 9.17) is 5.73 Å². The number of rotatable bonds is 4. The van der Waals surface area contributed by atoms with Crippen LogP contribution >= 0.6 is 0 Å². The van der Waals surface area contributed by atoms with E-state index in [0.29, 0.717) is 18.4 Å². The van der Waals surface area contributed by atoms with E-state index in [0.717, 1.165) is 0 Å². The van der Waals surface area contributed by atoms with Gasteiger partial charge in [-0.25, -0.2) is 4.79 Å². The fourth-order valence-electron chi connectivity index (χ4n) is 1.31. The SMILES string of the molecule is CC(C)C(C)CNc1c(N)n(C)c(=O)[nH]c1=O. The number of hydrogen-bond donors (Lipinski definition) is 3. The molecule has 1 atom stereocenters. The van der Waals surface area contributed by atoms with Gasteiger partial charge in [0.05, 0.1) is 0 Å². The summed E-state index contributed by atoms with van der Waals surface area (Å²) in [4.78, 5) is 25.1. The molecule has 0 aliphatic heterocycles. The van der Waals surface area contributed by atoms with Gasteiger partial charge in [-0.1, -0.05) is 20.8 Å². The van der Waals surface area contributed by atoms with Crippen LogP contribution in [0.25, 0.3) is 0 Å². The molecule has 6 nitrogen and oxygen atoms in total. The average molecular weight is 240 g/mol. The van der Waals surface area contributed by atoms with Crippen molar-refractivity contribution in [3.05, 3.63) is 20.8 Å². The Balaban J connectivity index is 2.97. The fraction of sp³-hybridized carbons (Fsp3) is 0.636. The van der Waals surface area contributed by atoms with Crippen molar-refractivity contribution in [1.82, 2.24) is 9.55 Å². The molecular weight excluding hydrogens is 220 g/mol. The van der Waals surface area contributed by atoms with Crippen LogP contribution in [0, 0.1) is 11.8 Å². The fourth-order valence-corrected chi connectivity index (χ4v) is 1.31. The number of aromatic nitrogens is 2. The lowest BCUT2D eigenvalue weighted by Crippen LogP contribution is -2.33. The van der Waals surface area contributed by atoms with Crippen LogP contribution in [0.4, 0.5) is 11.5 Å². The monoisotopic (exact) mass is 240 g/mol. The predicted molar refractivity (Wildman–Crippen MR) is 69.2 cm³/mol. The lowest BCUT2D eigenvalue weighted by Gasteiger charge is -2.17. The number of anilines is 2. The predicted octanol–water partition coefficient (Wildman–Crippen LogP) is 0.360. The Kier molecular flexibility index (Phi) is 3.98. The molecule has 0 aromatic carbocycles. The highest BCUT2D eigenvalue weighted by molar-refractivity contribution is 5.60. The summed E-state index contributed by atoms with van der Waals surface area (Å²) in [5, 5.41) is 3.00. The summed E-state index contributed by atoms with van der Waals surface area (Å²) in [7, 11) is 1.52. The van der Waals surface area contributed by atoms with Gasteiger partial charge in [-0.05, 0) is 11.8 Å². The highest BCUT2D eigenvalue weighted by Crippen LogP contribution is 2.13. The third-order valence-corrected chi connectivity index (χ3v) is 3.11. The van der Waals surface area contributed by atoms with E-state index in [1.54, 1.807) is 0 Å². The largest absolute Gasteiger partial charge is 0.383 e. The van der Waals surface area contributed by atoms with Crippen molar-refractivity contribution in [2.45, 2.75) is 20.8 Å². The summed E-state index contributed by atoms with van der Waals surface area (Å²) in [6.45, 7) is 6.95.